The maximum absolute atomic E-state index is 5.37. The van der Waals surface area contributed by atoms with E-state index in [4.69, 9.17) is 4.52 Å². The summed E-state index contributed by atoms with van der Waals surface area (Å²) in [5.41, 5.74) is 1.97. The van der Waals surface area contributed by atoms with Crippen LogP contribution in [0, 0.1) is 0 Å². The van der Waals surface area contributed by atoms with E-state index in [1.54, 1.807) is 12.4 Å². The summed E-state index contributed by atoms with van der Waals surface area (Å²) < 4.78 is 5.37. The minimum atomic E-state index is 0.309. The number of aromatic nitrogens is 4. The lowest BCUT2D eigenvalue weighted by atomic mass is 10.1. The van der Waals surface area contributed by atoms with Gasteiger partial charge in [0.25, 0.3) is 0 Å². The maximum Gasteiger partial charge on any atom is 0.230 e. The zero-order chi connectivity index (χ0) is 13.4. The van der Waals surface area contributed by atoms with Crippen LogP contribution in [-0.4, -0.2) is 20.1 Å². The van der Waals surface area contributed by atoms with Crippen LogP contribution in [0.2, 0.25) is 0 Å². The normalized spacial score (nSPS) is 20.8. The average Bonchev–Trinajstić information content (AvgIpc) is 3.18. The minimum Gasteiger partial charge on any atom is -0.339 e. The lowest BCUT2D eigenvalue weighted by Gasteiger charge is -1.95. The predicted octanol–water partition coefficient (Wildman–Crippen LogP) is 2.80. The van der Waals surface area contributed by atoms with E-state index in [-0.39, 0.29) is 0 Å². The van der Waals surface area contributed by atoms with Crippen molar-refractivity contribution in [3.8, 4) is 11.5 Å². The van der Waals surface area contributed by atoms with Crippen molar-refractivity contribution >= 4 is 0 Å². The monoisotopic (exact) mass is 264 g/mol. The zero-order valence-electron chi connectivity index (χ0n) is 10.7. The summed E-state index contributed by atoms with van der Waals surface area (Å²) in [6.45, 7) is 0. The van der Waals surface area contributed by atoms with Crippen molar-refractivity contribution in [2.24, 2.45) is 0 Å². The molecule has 0 aliphatic heterocycles. The summed E-state index contributed by atoms with van der Waals surface area (Å²) in [7, 11) is 0. The van der Waals surface area contributed by atoms with E-state index in [2.05, 4.69) is 26.2 Å². The van der Waals surface area contributed by atoms with Crippen molar-refractivity contribution in [3.05, 3.63) is 60.4 Å². The fourth-order valence-corrected chi connectivity index (χ4v) is 2.42. The quantitative estimate of drug-likeness (QED) is 0.727. The first kappa shape index (κ1) is 11.3. The topological polar surface area (TPSA) is 64.7 Å². The first-order valence-corrected chi connectivity index (χ1v) is 6.57. The molecule has 3 aromatic heterocycles. The first-order valence-electron chi connectivity index (χ1n) is 6.57. The van der Waals surface area contributed by atoms with E-state index >= 15 is 0 Å². The highest BCUT2D eigenvalue weighted by molar-refractivity contribution is 5.47. The molecule has 5 nitrogen and oxygen atoms in total. The standard InChI is InChI=1S/C15H12N4O/c1-2-7-17-13(5-1)14-18-15(20-19-14)12-8-11(12)10-4-3-6-16-9-10/h1-7,9,11-12H,8H2/t11-,12+/m1/s1. The van der Waals surface area contributed by atoms with E-state index < -0.39 is 0 Å². The molecule has 4 rings (SSSR count). The maximum atomic E-state index is 5.37. The Labute approximate surface area is 115 Å². The molecule has 3 heterocycles. The average molecular weight is 264 g/mol. The van der Waals surface area contributed by atoms with Crippen LogP contribution in [0.1, 0.15) is 29.7 Å². The molecule has 1 saturated carbocycles. The Kier molecular flexibility index (Phi) is 2.55. The van der Waals surface area contributed by atoms with Gasteiger partial charge in [0.15, 0.2) is 0 Å². The summed E-state index contributed by atoms with van der Waals surface area (Å²) in [5, 5.41) is 4.01. The Morgan fingerprint density at radius 1 is 1.05 bits per heavy atom. The van der Waals surface area contributed by atoms with Gasteiger partial charge in [-0.1, -0.05) is 17.3 Å². The van der Waals surface area contributed by atoms with Gasteiger partial charge in [-0.15, -0.1) is 0 Å². The molecule has 1 aliphatic rings. The Hall–Kier alpha value is -2.56. The van der Waals surface area contributed by atoms with Gasteiger partial charge in [0.05, 0.1) is 0 Å². The van der Waals surface area contributed by atoms with Crippen LogP contribution in [0.15, 0.2) is 53.4 Å². The third-order valence-electron chi connectivity index (χ3n) is 3.56. The Morgan fingerprint density at radius 2 is 2.05 bits per heavy atom. The number of hydrogen-bond acceptors (Lipinski definition) is 5. The van der Waals surface area contributed by atoms with E-state index in [1.165, 1.54) is 5.56 Å². The summed E-state index contributed by atoms with van der Waals surface area (Å²) in [6.07, 6.45) is 6.45. The van der Waals surface area contributed by atoms with Gasteiger partial charge in [-0.3, -0.25) is 9.97 Å². The molecule has 20 heavy (non-hydrogen) atoms. The SMILES string of the molecule is c1ccc(-c2noc([C@H]3C[C@@H]3c3cccnc3)n2)nc1. The number of nitrogens with zero attached hydrogens (tertiary/aromatic N) is 4. The number of rotatable bonds is 3. The van der Waals surface area contributed by atoms with Crippen LogP contribution >= 0.6 is 0 Å². The molecular weight excluding hydrogens is 252 g/mol. The molecule has 0 spiro atoms. The molecule has 0 radical (unpaired) electrons. The zero-order valence-corrected chi connectivity index (χ0v) is 10.7. The minimum absolute atomic E-state index is 0.309. The third kappa shape index (κ3) is 1.97. The second-order valence-electron chi connectivity index (χ2n) is 4.91. The van der Waals surface area contributed by atoms with Crippen molar-refractivity contribution in [1.82, 2.24) is 20.1 Å². The van der Waals surface area contributed by atoms with Gasteiger partial charge in [-0.2, -0.15) is 4.98 Å². The molecule has 5 heteroatoms. The molecule has 0 amide bonds. The summed E-state index contributed by atoms with van der Waals surface area (Å²) in [6, 6.07) is 9.70. The third-order valence-corrected chi connectivity index (χ3v) is 3.56. The van der Waals surface area contributed by atoms with Crippen molar-refractivity contribution in [3.63, 3.8) is 0 Å². The lowest BCUT2D eigenvalue weighted by molar-refractivity contribution is 0.378. The Balaban J connectivity index is 1.56. The molecule has 1 fully saturated rings. The van der Waals surface area contributed by atoms with Gasteiger partial charge in [0.2, 0.25) is 11.7 Å². The van der Waals surface area contributed by atoms with E-state index in [0.29, 0.717) is 23.6 Å². The molecule has 0 N–H and O–H groups in total. The predicted molar refractivity (Wildman–Crippen MR) is 71.9 cm³/mol. The lowest BCUT2D eigenvalue weighted by Crippen LogP contribution is -1.87. The second kappa shape index (κ2) is 4.52. The second-order valence-corrected chi connectivity index (χ2v) is 4.91. The number of pyridine rings is 2. The molecule has 1 aliphatic carbocycles. The van der Waals surface area contributed by atoms with Gasteiger partial charge in [0.1, 0.15) is 5.69 Å². The molecular formula is C15H12N4O. The van der Waals surface area contributed by atoms with Crippen molar-refractivity contribution in [1.29, 1.82) is 0 Å². The largest absolute Gasteiger partial charge is 0.339 e. The van der Waals surface area contributed by atoms with Crippen LogP contribution in [0.25, 0.3) is 11.5 Å². The highest BCUT2D eigenvalue weighted by atomic mass is 16.5. The van der Waals surface area contributed by atoms with Crippen molar-refractivity contribution in [2.45, 2.75) is 18.3 Å². The van der Waals surface area contributed by atoms with E-state index in [9.17, 15) is 0 Å². The van der Waals surface area contributed by atoms with E-state index in [0.717, 1.165) is 12.1 Å². The molecule has 0 unspecified atom stereocenters. The van der Waals surface area contributed by atoms with Gasteiger partial charge in [0, 0.05) is 24.5 Å². The van der Waals surface area contributed by atoms with Gasteiger partial charge < -0.3 is 4.52 Å². The van der Waals surface area contributed by atoms with Crippen molar-refractivity contribution in [2.75, 3.05) is 0 Å². The molecule has 0 saturated heterocycles. The van der Waals surface area contributed by atoms with Crippen LogP contribution < -0.4 is 0 Å². The fraction of sp³-hybridized carbons (Fsp3) is 0.200. The van der Waals surface area contributed by atoms with Gasteiger partial charge >= 0.3 is 0 Å². The van der Waals surface area contributed by atoms with Crippen LogP contribution in [-0.2, 0) is 0 Å². The first-order chi connectivity index (χ1) is 9.92. The Morgan fingerprint density at radius 3 is 2.85 bits per heavy atom. The summed E-state index contributed by atoms with van der Waals surface area (Å²) in [4.78, 5) is 12.8. The summed E-state index contributed by atoms with van der Waals surface area (Å²) >= 11 is 0. The van der Waals surface area contributed by atoms with Crippen LogP contribution in [0.4, 0.5) is 0 Å². The van der Waals surface area contributed by atoms with Crippen molar-refractivity contribution < 1.29 is 4.52 Å². The van der Waals surface area contributed by atoms with Gasteiger partial charge in [-0.05, 0) is 36.1 Å². The number of hydrogen-bond donors (Lipinski definition) is 0. The molecule has 3 aromatic rings. The highest BCUT2D eigenvalue weighted by Gasteiger charge is 2.43. The smallest absolute Gasteiger partial charge is 0.230 e. The van der Waals surface area contributed by atoms with Gasteiger partial charge in [-0.25, -0.2) is 0 Å². The fourth-order valence-electron chi connectivity index (χ4n) is 2.42. The Bertz CT molecular complexity index is 711. The molecule has 2 atom stereocenters. The van der Waals surface area contributed by atoms with Crippen LogP contribution in [0.5, 0.6) is 0 Å². The molecule has 98 valence electrons. The molecule has 0 aromatic carbocycles. The highest BCUT2D eigenvalue weighted by Crippen LogP contribution is 2.53. The summed E-state index contributed by atoms with van der Waals surface area (Å²) in [5.74, 6) is 2.00. The molecule has 0 bridgehead atoms. The van der Waals surface area contributed by atoms with Crippen LogP contribution in [0.3, 0.4) is 0 Å². The van der Waals surface area contributed by atoms with E-state index in [1.807, 2.05) is 30.5 Å².